The highest BCUT2D eigenvalue weighted by Crippen LogP contribution is 2.34. The van der Waals surface area contributed by atoms with Gasteiger partial charge in [-0.05, 0) is 24.5 Å². The van der Waals surface area contributed by atoms with Crippen LogP contribution in [-0.2, 0) is 6.18 Å². The first-order valence-electron chi connectivity index (χ1n) is 6.51. The maximum Gasteiger partial charge on any atom is 0.433 e. The third-order valence-electron chi connectivity index (χ3n) is 3.77. The number of aromatic nitrogens is 1. The van der Waals surface area contributed by atoms with E-state index in [4.69, 9.17) is 18.0 Å². The summed E-state index contributed by atoms with van der Waals surface area (Å²) in [6, 6.07) is 1.82. The van der Waals surface area contributed by atoms with Crippen molar-refractivity contribution in [1.29, 1.82) is 0 Å². The van der Waals surface area contributed by atoms with Crippen molar-refractivity contribution in [1.82, 2.24) is 4.98 Å². The van der Waals surface area contributed by atoms with Crippen molar-refractivity contribution >= 4 is 23.0 Å². The fourth-order valence-corrected chi connectivity index (χ4v) is 2.73. The van der Waals surface area contributed by atoms with Crippen molar-refractivity contribution in [3.05, 3.63) is 23.4 Å². The molecule has 1 fully saturated rings. The number of pyridine rings is 1. The molecule has 0 saturated carbocycles. The van der Waals surface area contributed by atoms with Gasteiger partial charge in [0.15, 0.2) is 0 Å². The number of nitrogens with zero attached hydrogens (tertiary/aromatic N) is 2. The summed E-state index contributed by atoms with van der Waals surface area (Å²) >= 11 is 4.89. The molecule has 4 nitrogen and oxygen atoms in total. The summed E-state index contributed by atoms with van der Waals surface area (Å²) in [7, 11) is 0. The van der Waals surface area contributed by atoms with E-state index in [0.717, 1.165) is 12.5 Å². The summed E-state index contributed by atoms with van der Waals surface area (Å²) in [4.78, 5) is 5.35. The molecule has 21 heavy (non-hydrogen) atoms. The number of hydrogen-bond acceptors (Lipinski definition) is 4. The van der Waals surface area contributed by atoms with Gasteiger partial charge in [0.25, 0.3) is 0 Å². The van der Waals surface area contributed by atoms with Crippen LogP contribution in [0.25, 0.3) is 0 Å². The van der Waals surface area contributed by atoms with Crippen LogP contribution in [0.3, 0.4) is 0 Å². The molecule has 0 aliphatic carbocycles. The number of hydrogen-bond donors (Lipinski definition) is 2. The van der Waals surface area contributed by atoms with Crippen LogP contribution in [0, 0.1) is 5.92 Å². The minimum atomic E-state index is -4.54. The first-order chi connectivity index (χ1) is 9.75. The van der Waals surface area contributed by atoms with E-state index < -0.39 is 11.9 Å². The molecule has 1 aromatic rings. The third kappa shape index (κ3) is 3.11. The molecule has 0 spiro atoms. The summed E-state index contributed by atoms with van der Waals surface area (Å²) in [6.07, 6.45) is -3.77. The lowest BCUT2D eigenvalue weighted by atomic mass is 10.0. The second-order valence-electron chi connectivity index (χ2n) is 5.14. The molecule has 3 N–H and O–H groups in total. The molecule has 1 aromatic heterocycles. The standard InChI is InChI=1S/C13H16F3N3OS/c1-7-4-5-19(9(7)6-20)12-8(11(17)21)2-3-10(18-12)13(14,15)16/h2-3,7,9,20H,4-6H2,1H3,(H2,17,21). The van der Waals surface area contributed by atoms with Crippen molar-refractivity contribution < 1.29 is 18.3 Å². The van der Waals surface area contributed by atoms with Crippen LogP contribution in [-0.4, -0.2) is 34.3 Å². The van der Waals surface area contributed by atoms with Crippen LogP contribution in [0.5, 0.6) is 0 Å². The largest absolute Gasteiger partial charge is 0.433 e. The van der Waals surface area contributed by atoms with Gasteiger partial charge < -0.3 is 15.7 Å². The zero-order valence-electron chi connectivity index (χ0n) is 11.4. The molecular weight excluding hydrogens is 303 g/mol. The van der Waals surface area contributed by atoms with Gasteiger partial charge in [0.1, 0.15) is 16.5 Å². The molecule has 2 heterocycles. The van der Waals surface area contributed by atoms with E-state index in [-0.39, 0.29) is 29.4 Å². The van der Waals surface area contributed by atoms with Crippen LogP contribution in [0.4, 0.5) is 19.0 Å². The van der Waals surface area contributed by atoms with E-state index in [0.29, 0.717) is 12.1 Å². The zero-order valence-corrected chi connectivity index (χ0v) is 12.2. The fourth-order valence-electron chi connectivity index (χ4n) is 2.57. The lowest BCUT2D eigenvalue weighted by molar-refractivity contribution is -0.141. The first kappa shape index (κ1) is 16.0. The van der Waals surface area contributed by atoms with Crippen molar-refractivity contribution in [3.63, 3.8) is 0 Å². The van der Waals surface area contributed by atoms with E-state index in [9.17, 15) is 18.3 Å². The Bertz CT molecular complexity index is 550. The first-order valence-corrected chi connectivity index (χ1v) is 6.92. The van der Waals surface area contributed by atoms with E-state index in [1.54, 1.807) is 4.90 Å². The van der Waals surface area contributed by atoms with Gasteiger partial charge in [0, 0.05) is 6.54 Å². The molecule has 8 heteroatoms. The predicted octanol–water partition coefficient (Wildman–Crippen LogP) is 1.94. The molecule has 1 saturated heterocycles. The van der Waals surface area contributed by atoms with Crippen LogP contribution < -0.4 is 10.6 Å². The molecule has 0 radical (unpaired) electrons. The van der Waals surface area contributed by atoms with Gasteiger partial charge in [-0.15, -0.1) is 0 Å². The number of rotatable bonds is 3. The highest BCUT2D eigenvalue weighted by atomic mass is 32.1. The topological polar surface area (TPSA) is 62.4 Å². The average molecular weight is 319 g/mol. The van der Waals surface area contributed by atoms with Gasteiger partial charge in [0.05, 0.1) is 18.2 Å². The molecule has 0 amide bonds. The minimum Gasteiger partial charge on any atom is -0.394 e. The lowest BCUT2D eigenvalue weighted by Crippen LogP contribution is -2.37. The maximum absolute atomic E-state index is 12.8. The molecule has 116 valence electrons. The van der Waals surface area contributed by atoms with Crippen molar-refractivity contribution in [2.45, 2.75) is 25.6 Å². The summed E-state index contributed by atoms with van der Waals surface area (Å²) in [6.45, 7) is 2.29. The highest BCUT2D eigenvalue weighted by molar-refractivity contribution is 7.80. The van der Waals surface area contributed by atoms with Crippen LogP contribution in [0.15, 0.2) is 12.1 Å². The SMILES string of the molecule is CC1CCN(c2nc(C(F)(F)F)ccc2C(N)=S)C1CO. The number of alkyl halides is 3. The van der Waals surface area contributed by atoms with Gasteiger partial charge in [0.2, 0.25) is 0 Å². The van der Waals surface area contributed by atoms with E-state index in [1.807, 2.05) is 6.92 Å². The second kappa shape index (κ2) is 5.76. The minimum absolute atomic E-state index is 0.0116. The highest BCUT2D eigenvalue weighted by Gasteiger charge is 2.37. The number of nitrogens with two attached hydrogens (primary N) is 1. The molecule has 2 atom stereocenters. The number of halogens is 3. The molecule has 1 aliphatic heterocycles. The number of aliphatic hydroxyl groups is 1. The Morgan fingerprint density at radius 3 is 2.71 bits per heavy atom. The average Bonchev–Trinajstić information content (AvgIpc) is 2.77. The molecule has 0 aromatic carbocycles. The molecular formula is C13H16F3N3OS. The third-order valence-corrected chi connectivity index (χ3v) is 3.99. The Morgan fingerprint density at radius 1 is 1.52 bits per heavy atom. The molecule has 0 bridgehead atoms. The van der Waals surface area contributed by atoms with Crippen molar-refractivity contribution in [2.24, 2.45) is 11.7 Å². The van der Waals surface area contributed by atoms with E-state index >= 15 is 0 Å². The summed E-state index contributed by atoms with van der Waals surface area (Å²) in [5.74, 6) is 0.256. The van der Waals surface area contributed by atoms with Gasteiger partial charge in [-0.3, -0.25) is 0 Å². The van der Waals surface area contributed by atoms with Gasteiger partial charge in [-0.1, -0.05) is 19.1 Å². The Labute approximate surface area is 125 Å². The number of aliphatic hydroxyl groups excluding tert-OH is 1. The summed E-state index contributed by atoms with van der Waals surface area (Å²) in [5, 5.41) is 9.47. The Hall–Kier alpha value is -1.41. The van der Waals surface area contributed by atoms with Gasteiger partial charge in [-0.2, -0.15) is 13.2 Å². The number of anilines is 1. The Balaban J connectivity index is 2.51. The van der Waals surface area contributed by atoms with Crippen LogP contribution in [0.1, 0.15) is 24.6 Å². The predicted molar refractivity (Wildman–Crippen MR) is 77.1 cm³/mol. The van der Waals surface area contributed by atoms with Crippen LogP contribution in [0.2, 0.25) is 0 Å². The van der Waals surface area contributed by atoms with Crippen LogP contribution >= 0.6 is 12.2 Å². The molecule has 2 rings (SSSR count). The smallest absolute Gasteiger partial charge is 0.394 e. The molecule has 1 aliphatic rings. The number of thiocarbonyl (C=S) groups is 1. The van der Waals surface area contributed by atoms with E-state index in [2.05, 4.69) is 4.98 Å². The monoisotopic (exact) mass is 319 g/mol. The van der Waals surface area contributed by atoms with Crippen molar-refractivity contribution in [2.75, 3.05) is 18.1 Å². The summed E-state index contributed by atoms with van der Waals surface area (Å²) < 4.78 is 38.5. The Kier molecular flexibility index (Phi) is 4.38. The van der Waals surface area contributed by atoms with Gasteiger partial charge in [-0.25, -0.2) is 4.98 Å². The second-order valence-corrected chi connectivity index (χ2v) is 5.58. The normalized spacial score (nSPS) is 22.6. The summed E-state index contributed by atoms with van der Waals surface area (Å²) in [5.41, 5.74) is 4.89. The van der Waals surface area contributed by atoms with E-state index in [1.165, 1.54) is 6.07 Å². The lowest BCUT2D eigenvalue weighted by Gasteiger charge is -2.28. The zero-order chi connectivity index (χ0) is 15.8. The quantitative estimate of drug-likeness (QED) is 0.834. The Morgan fingerprint density at radius 2 is 2.19 bits per heavy atom. The fraction of sp³-hybridized carbons (Fsp3) is 0.538. The maximum atomic E-state index is 12.8. The molecule has 2 unspecified atom stereocenters. The van der Waals surface area contributed by atoms with Gasteiger partial charge >= 0.3 is 6.18 Å². The van der Waals surface area contributed by atoms with Crippen molar-refractivity contribution in [3.8, 4) is 0 Å².